The van der Waals surface area contributed by atoms with E-state index in [1.165, 1.54) is 0 Å². The smallest absolute Gasteiger partial charge is 0.210 e. The molecule has 1 aromatic heterocycles. The Morgan fingerprint density at radius 3 is 2.81 bits per heavy atom. The van der Waals surface area contributed by atoms with Gasteiger partial charge < -0.3 is 0 Å². The lowest BCUT2D eigenvalue weighted by Gasteiger charge is -2.02. The summed E-state index contributed by atoms with van der Waals surface area (Å²) in [5.74, 6) is 0. The lowest BCUT2D eigenvalue weighted by Crippen LogP contribution is -2.23. The van der Waals surface area contributed by atoms with E-state index >= 15 is 0 Å². The molecule has 0 unspecified atom stereocenters. The van der Waals surface area contributed by atoms with Gasteiger partial charge in [0.2, 0.25) is 10.0 Å². The summed E-state index contributed by atoms with van der Waals surface area (Å²) < 4.78 is 26.6. The molecular formula is C9H11ClN2O2S2. The second-order valence-electron chi connectivity index (χ2n) is 3.18. The van der Waals surface area contributed by atoms with Crippen LogP contribution in [0.2, 0.25) is 4.34 Å². The molecule has 7 heteroatoms. The van der Waals surface area contributed by atoms with Gasteiger partial charge in [-0.1, -0.05) is 11.6 Å². The summed E-state index contributed by atoms with van der Waals surface area (Å²) in [5.41, 5.74) is 0.754. The minimum absolute atomic E-state index is 0.215. The molecule has 1 heterocycles. The fraction of sp³-hybridized carbons (Fsp3) is 0.444. The van der Waals surface area contributed by atoms with Crippen LogP contribution in [0.3, 0.4) is 0 Å². The zero-order valence-corrected chi connectivity index (χ0v) is 11.0. The zero-order valence-electron chi connectivity index (χ0n) is 8.66. The normalized spacial score (nSPS) is 11.3. The maximum atomic E-state index is 11.7. The number of unbranched alkanes of at least 4 members (excludes halogenated alkanes) is 1. The molecule has 0 aliphatic heterocycles. The molecule has 0 aliphatic rings. The Labute approximate surface area is 104 Å². The van der Waals surface area contributed by atoms with Gasteiger partial charge in [-0.2, -0.15) is 5.26 Å². The van der Waals surface area contributed by atoms with E-state index in [2.05, 4.69) is 4.72 Å². The number of nitrogens with zero attached hydrogens (tertiary/aromatic N) is 1. The predicted molar refractivity (Wildman–Crippen MR) is 64.1 cm³/mol. The molecule has 0 aliphatic carbocycles. The molecule has 1 rings (SSSR count). The number of sulfonamides is 1. The van der Waals surface area contributed by atoms with Crippen molar-refractivity contribution in [2.24, 2.45) is 0 Å². The van der Waals surface area contributed by atoms with Gasteiger partial charge in [0.25, 0.3) is 0 Å². The number of nitriles is 1. The Morgan fingerprint density at radius 2 is 2.31 bits per heavy atom. The fourth-order valence-corrected chi connectivity index (χ4v) is 3.84. The van der Waals surface area contributed by atoms with E-state index in [4.69, 9.17) is 16.9 Å². The Morgan fingerprint density at radius 1 is 1.62 bits per heavy atom. The van der Waals surface area contributed by atoms with Crippen LogP contribution in [0.4, 0.5) is 0 Å². The first-order valence-corrected chi connectivity index (χ1v) is 7.27. The average Bonchev–Trinajstić information content (AvgIpc) is 2.55. The van der Waals surface area contributed by atoms with E-state index in [0.717, 1.165) is 16.9 Å². The molecule has 0 amide bonds. The second-order valence-corrected chi connectivity index (χ2v) is 6.83. The summed E-state index contributed by atoms with van der Waals surface area (Å²) in [7, 11) is -3.47. The van der Waals surface area contributed by atoms with Crippen molar-refractivity contribution in [3.8, 4) is 6.07 Å². The number of rotatable bonds is 5. The number of hydrogen-bond donors (Lipinski definition) is 1. The highest BCUT2D eigenvalue weighted by Gasteiger charge is 2.17. The number of aryl methyl sites for hydroxylation is 1. The van der Waals surface area contributed by atoms with Crippen molar-refractivity contribution >= 4 is 33.0 Å². The number of hydrogen-bond acceptors (Lipinski definition) is 4. The second kappa shape index (κ2) is 5.64. The molecule has 0 saturated heterocycles. The molecule has 88 valence electrons. The average molecular weight is 279 g/mol. The zero-order chi connectivity index (χ0) is 12.2. The minimum atomic E-state index is -3.47. The van der Waals surface area contributed by atoms with E-state index in [1.807, 2.05) is 6.07 Å². The quantitative estimate of drug-likeness (QED) is 0.840. The summed E-state index contributed by atoms with van der Waals surface area (Å²) in [5, 5.41) is 8.31. The standard InChI is InChI=1S/C9H11ClN2O2S2/c1-7-6-8(15-9(7)10)16(13,14)12-5-3-2-4-11/h6,12H,2-3,5H2,1H3. The maximum Gasteiger partial charge on any atom is 0.250 e. The number of thiophene rings is 1. The van der Waals surface area contributed by atoms with Gasteiger partial charge in [-0.15, -0.1) is 11.3 Å². The molecule has 0 bridgehead atoms. The van der Waals surface area contributed by atoms with Crippen LogP contribution in [0.1, 0.15) is 18.4 Å². The largest absolute Gasteiger partial charge is 0.250 e. The van der Waals surface area contributed by atoms with Gasteiger partial charge in [-0.3, -0.25) is 0 Å². The van der Waals surface area contributed by atoms with Crippen molar-refractivity contribution in [2.45, 2.75) is 24.0 Å². The molecule has 16 heavy (non-hydrogen) atoms. The van der Waals surface area contributed by atoms with Gasteiger partial charge in [-0.25, -0.2) is 13.1 Å². The topological polar surface area (TPSA) is 70.0 Å². The highest BCUT2D eigenvalue weighted by molar-refractivity contribution is 7.91. The van der Waals surface area contributed by atoms with Crippen molar-refractivity contribution < 1.29 is 8.42 Å². The summed E-state index contributed by atoms with van der Waals surface area (Å²) in [6.45, 7) is 2.03. The summed E-state index contributed by atoms with van der Waals surface area (Å²) in [6.07, 6.45) is 0.848. The third-order valence-electron chi connectivity index (χ3n) is 1.86. The van der Waals surface area contributed by atoms with Crippen LogP contribution in [-0.2, 0) is 10.0 Å². The number of halogens is 1. The Bertz CT molecular complexity index is 483. The van der Waals surface area contributed by atoms with Gasteiger partial charge in [0.15, 0.2) is 0 Å². The van der Waals surface area contributed by atoms with Crippen LogP contribution in [0.15, 0.2) is 10.3 Å². The Balaban J connectivity index is 2.68. The fourth-order valence-electron chi connectivity index (χ4n) is 1.01. The van der Waals surface area contributed by atoms with E-state index in [0.29, 0.717) is 17.2 Å². The van der Waals surface area contributed by atoms with Crippen molar-refractivity contribution in [2.75, 3.05) is 6.54 Å². The monoisotopic (exact) mass is 278 g/mol. The number of nitrogens with one attached hydrogen (secondary N) is 1. The van der Waals surface area contributed by atoms with Crippen LogP contribution in [0, 0.1) is 18.3 Å². The lowest BCUT2D eigenvalue weighted by molar-refractivity contribution is 0.581. The van der Waals surface area contributed by atoms with Gasteiger partial charge in [0.1, 0.15) is 4.21 Å². The van der Waals surface area contributed by atoms with Gasteiger partial charge in [-0.05, 0) is 25.0 Å². The maximum absolute atomic E-state index is 11.7. The lowest BCUT2D eigenvalue weighted by atomic mass is 10.3. The van der Waals surface area contributed by atoms with E-state index in [-0.39, 0.29) is 10.8 Å². The summed E-state index contributed by atoms with van der Waals surface area (Å²) in [6, 6.07) is 3.49. The first-order chi connectivity index (χ1) is 7.47. The van der Waals surface area contributed by atoms with E-state index in [9.17, 15) is 8.42 Å². The molecule has 0 fully saturated rings. The summed E-state index contributed by atoms with van der Waals surface area (Å²) in [4.78, 5) is 0. The van der Waals surface area contributed by atoms with Crippen LogP contribution in [0.25, 0.3) is 0 Å². The van der Waals surface area contributed by atoms with Crippen LogP contribution < -0.4 is 4.72 Å². The Kier molecular flexibility index (Phi) is 4.74. The third-order valence-corrected chi connectivity index (χ3v) is 5.35. The van der Waals surface area contributed by atoms with Crippen molar-refractivity contribution in [1.29, 1.82) is 5.26 Å². The molecule has 1 N–H and O–H groups in total. The van der Waals surface area contributed by atoms with Crippen LogP contribution in [0.5, 0.6) is 0 Å². The first-order valence-electron chi connectivity index (χ1n) is 4.60. The summed E-state index contributed by atoms with van der Waals surface area (Å²) >= 11 is 6.84. The van der Waals surface area contributed by atoms with Gasteiger partial charge in [0, 0.05) is 13.0 Å². The van der Waals surface area contributed by atoms with E-state index in [1.54, 1.807) is 13.0 Å². The highest BCUT2D eigenvalue weighted by Crippen LogP contribution is 2.29. The molecule has 1 aromatic rings. The molecule has 0 radical (unpaired) electrons. The van der Waals surface area contributed by atoms with Crippen molar-refractivity contribution in [3.05, 3.63) is 16.0 Å². The van der Waals surface area contributed by atoms with Crippen molar-refractivity contribution in [3.63, 3.8) is 0 Å². The molecule has 4 nitrogen and oxygen atoms in total. The predicted octanol–water partition coefficient (Wildman–Crippen LogP) is 2.29. The van der Waals surface area contributed by atoms with E-state index < -0.39 is 10.0 Å². The molecule has 0 atom stereocenters. The van der Waals surface area contributed by atoms with Gasteiger partial charge >= 0.3 is 0 Å². The first kappa shape index (κ1) is 13.5. The third kappa shape index (κ3) is 3.46. The van der Waals surface area contributed by atoms with Crippen molar-refractivity contribution in [1.82, 2.24) is 4.72 Å². The van der Waals surface area contributed by atoms with Crippen LogP contribution in [-0.4, -0.2) is 15.0 Å². The molecule has 0 spiro atoms. The molecular weight excluding hydrogens is 268 g/mol. The molecule has 0 aromatic carbocycles. The molecule has 0 saturated carbocycles. The van der Waals surface area contributed by atoms with Gasteiger partial charge in [0.05, 0.1) is 10.4 Å². The SMILES string of the molecule is Cc1cc(S(=O)(=O)NCCCC#N)sc1Cl. The van der Waals surface area contributed by atoms with Crippen LogP contribution >= 0.6 is 22.9 Å². The highest BCUT2D eigenvalue weighted by atomic mass is 35.5. The minimum Gasteiger partial charge on any atom is -0.210 e. The Hall–Kier alpha value is -0.610.